The van der Waals surface area contributed by atoms with Crippen molar-refractivity contribution in [3.05, 3.63) is 0 Å². The Morgan fingerprint density at radius 2 is 1.91 bits per heavy atom. The van der Waals surface area contributed by atoms with E-state index < -0.39 is 5.97 Å². The molecule has 0 saturated heterocycles. The number of carbonyl (C=O) groups is 1. The number of hydrogen-bond acceptors (Lipinski definition) is 2. The topological polar surface area (TPSA) is 57.5 Å². The van der Waals surface area contributed by atoms with Crippen LogP contribution in [0.2, 0.25) is 0 Å². The van der Waals surface area contributed by atoms with Gasteiger partial charge in [-0.3, -0.25) is 4.79 Å². The Morgan fingerprint density at radius 1 is 1.45 bits per heavy atom. The molecule has 0 aliphatic carbocycles. The molecule has 11 heavy (non-hydrogen) atoms. The highest BCUT2D eigenvalue weighted by Gasteiger charge is 2.25. The van der Waals surface area contributed by atoms with Gasteiger partial charge in [-0.1, -0.05) is 20.8 Å². The number of rotatable bonds is 3. The number of carboxylic acid groups (broad SMARTS) is 1. The van der Waals surface area contributed by atoms with E-state index in [-0.39, 0.29) is 24.4 Å². The molecule has 0 aliphatic rings. The smallest absolute Gasteiger partial charge is 0.303 e. The minimum Gasteiger partial charge on any atom is -0.481 e. The van der Waals surface area contributed by atoms with Crippen LogP contribution < -0.4 is 0 Å². The average molecular weight is 160 g/mol. The summed E-state index contributed by atoms with van der Waals surface area (Å²) in [5.41, 5.74) is -0.132. The number of aliphatic hydroxyl groups is 1. The quantitative estimate of drug-likeness (QED) is 0.650. The van der Waals surface area contributed by atoms with Gasteiger partial charge < -0.3 is 10.2 Å². The van der Waals surface area contributed by atoms with Crippen LogP contribution in [0.25, 0.3) is 0 Å². The van der Waals surface area contributed by atoms with E-state index in [1.807, 2.05) is 20.8 Å². The van der Waals surface area contributed by atoms with Crippen LogP contribution in [0.15, 0.2) is 0 Å². The highest BCUT2D eigenvalue weighted by molar-refractivity contribution is 5.67. The molecule has 0 bridgehead atoms. The normalized spacial score (nSPS) is 14.5. The Balaban J connectivity index is 4.07. The van der Waals surface area contributed by atoms with Crippen LogP contribution in [-0.4, -0.2) is 22.8 Å². The average Bonchev–Trinajstić information content (AvgIpc) is 1.79. The van der Waals surface area contributed by atoms with Gasteiger partial charge in [-0.05, 0) is 11.3 Å². The van der Waals surface area contributed by atoms with Crippen LogP contribution in [0.3, 0.4) is 0 Å². The van der Waals surface area contributed by atoms with Gasteiger partial charge in [0.05, 0.1) is 6.42 Å². The second-order valence-corrected chi connectivity index (χ2v) is 3.84. The van der Waals surface area contributed by atoms with E-state index in [9.17, 15) is 4.79 Å². The van der Waals surface area contributed by atoms with Crippen LogP contribution in [0.5, 0.6) is 0 Å². The van der Waals surface area contributed by atoms with Gasteiger partial charge in [0.2, 0.25) is 0 Å². The predicted molar refractivity (Wildman–Crippen MR) is 42.3 cm³/mol. The molecule has 0 aromatic heterocycles. The second-order valence-electron chi connectivity index (χ2n) is 3.84. The van der Waals surface area contributed by atoms with Crippen molar-refractivity contribution in [3.8, 4) is 0 Å². The van der Waals surface area contributed by atoms with Crippen molar-refractivity contribution in [1.29, 1.82) is 0 Å². The van der Waals surface area contributed by atoms with Gasteiger partial charge in [0.1, 0.15) is 0 Å². The van der Waals surface area contributed by atoms with Crippen LogP contribution >= 0.6 is 0 Å². The Bertz CT molecular complexity index is 135. The van der Waals surface area contributed by atoms with Gasteiger partial charge in [-0.2, -0.15) is 0 Å². The van der Waals surface area contributed by atoms with E-state index in [0.717, 1.165) is 0 Å². The zero-order chi connectivity index (χ0) is 9.07. The Hall–Kier alpha value is -0.570. The van der Waals surface area contributed by atoms with Gasteiger partial charge in [-0.25, -0.2) is 0 Å². The van der Waals surface area contributed by atoms with Gasteiger partial charge in [0.15, 0.2) is 0 Å². The molecule has 3 heteroatoms. The van der Waals surface area contributed by atoms with Crippen molar-refractivity contribution >= 4 is 5.97 Å². The molecule has 0 aromatic rings. The molecule has 0 aliphatic heterocycles. The lowest BCUT2D eigenvalue weighted by molar-refractivity contribution is -0.139. The molecule has 0 amide bonds. The number of carboxylic acids is 1. The van der Waals surface area contributed by atoms with Crippen molar-refractivity contribution in [1.82, 2.24) is 0 Å². The van der Waals surface area contributed by atoms with Crippen molar-refractivity contribution in [3.63, 3.8) is 0 Å². The first kappa shape index (κ1) is 10.4. The fourth-order valence-electron chi connectivity index (χ4n) is 0.855. The maximum absolute atomic E-state index is 10.3. The molecule has 0 unspecified atom stereocenters. The number of aliphatic hydroxyl groups excluding tert-OH is 1. The molecule has 0 radical (unpaired) electrons. The molecular formula is C8H16O3. The third kappa shape index (κ3) is 3.98. The third-order valence-electron chi connectivity index (χ3n) is 1.87. The summed E-state index contributed by atoms with van der Waals surface area (Å²) in [6.07, 6.45) is 0.0417. The molecule has 0 heterocycles. The fourth-order valence-corrected chi connectivity index (χ4v) is 0.855. The van der Waals surface area contributed by atoms with Gasteiger partial charge in [-0.15, -0.1) is 0 Å². The standard InChI is InChI=1S/C8H16O3/c1-8(2,3)6(5-9)4-7(10)11/h6,9H,4-5H2,1-3H3,(H,10,11)/t6-/m0/s1. The number of aliphatic carboxylic acids is 1. The zero-order valence-corrected chi connectivity index (χ0v) is 7.29. The second kappa shape index (κ2) is 3.72. The van der Waals surface area contributed by atoms with Crippen molar-refractivity contribution in [2.75, 3.05) is 6.61 Å². The van der Waals surface area contributed by atoms with Crippen LogP contribution in [0.4, 0.5) is 0 Å². The van der Waals surface area contributed by atoms with E-state index >= 15 is 0 Å². The summed E-state index contributed by atoms with van der Waals surface area (Å²) in [6.45, 7) is 5.72. The van der Waals surface area contributed by atoms with E-state index in [2.05, 4.69) is 0 Å². The molecule has 1 atom stereocenters. The zero-order valence-electron chi connectivity index (χ0n) is 7.29. The largest absolute Gasteiger partial charge is 0.481 e. The first-order valence-corrected chi connectivity index (χ1v) is 3.70. The lowest BCUT2D eigenvalue weighted by atomic mass is 9.79. The van der Waals surface area contributed by atoms with Crippen molar-refractivity contribution in [2.24, 2.45) is 11.3 Å². The van der Waals surface area contributed by atoms with E-state index in [1.165, 1.54) is 0 Å². The minimum atomic E-state index is -0.848. The number of hydrogen-bond donors (Lipinski definition) is 2. The summed E-state index contributed by atoms with van der Waals surface area (Å²) in [5, 5.41) is 17.3. The molecule has 0 aromatic carbocycles. The molecule has 3 nitrogen and oxygen atoms in total. The van der Waals surface area contributed by atoms with Crippen LogP contribution in [0, 0.1) is 11.3 Å². The lowest BCUT2D eigenvalue weighted by Gasteiger charge is -2.27. The lowest BCUT2D eigenvalue weighted by Crippen LogP contribution is -2.26. The fraction of sp³-hybridized carbons (Fsp3) is 0.875. The van der Waals surface area contributed by atoms with Crippen LogP contribution in [0.1, 0.15) is 27.2 Å². The molecule has 2 N–H and O–H groups in total. The molecular weight excluding hydrogens is 144 g/mol. The molecule has 0 rings (SSSR count). The maximum atomic E-state index is 10.3. The van der Waals surface area contributed by atoms with Gasteiger partial charge in [0, 0.05) is 6.61 Å². The summed E-state index contributed by atoms with van der Waals surface area (Å²) in [5.74, 6) is -1.00. The van der Waals surface area contributed by atoms with E-state index in [0.29, 0.717) is 0 Å². The van der Waals surface area contributed by atoms with Crippen molar-refractivity contribution < 1.29 is 15.0 Å². The molecule has 0 spiro atoms. The molecule has 66 valence electrons. The Labute approximate surface area is 67.0 Å². The Kier molecular flexibility index (Phi) is 3.52. The maximum Gasteiger partial charge on any atom is 0.303 e. The summed E-state index contributed by atoms with van der Waals surface area (Å²) in [6, 6.07) is 0. The summed E-state index contributed by atoms with van der Waals surface area (Å²) < 4.78 is 0. The summed E-state index contributed by atoms with van der Waals surface area (Å²) in [7, 11) is 0. The van der Waals surface area contributed by atoms with Gasteiger partial charge >= 0.3 is 5.97 Å². The molecule has 0 saturated carbocycles. The van der Waals surface area contributed by atoms with Gasteiger partial charge in [0.25, 0.3) is 0 Å². The van der Waals surface area contributed by atoms with Crippen molar-refractivity contribution in [2.45, 2.75) is 27.2 Å². The minimum absolute atomic E-state index is 0.0417. The third-order valence-corrected chi connectivity index (χ3v) is 1.87. The monoisotopic (exact) mass is 160 g/mol. The predicted octanol–water partition coefficient (Wildman–Crippen LogP) is 1.12. The highest BCUT2D eigenvalue weighted by Crippen LogP contribution is 2.27. The molecule has 0 fully saturated rings. The van der Waals surface area contributed by atoms with E-state index in [1.54, 1.807) is 0 Å². The highest BCUT2D eigenvalue weighted by atomic mass is 16.4. The summed E-state index contributed by atoms with van der Waals surface area (Å²) >= 11 is 0. The first-order valence-electron chi connectivity index (χ1n) is 3.70. The first-order chi connectivity index (χ1) is 4.88. The summed E-state index contributed by atoms with van der Waals surface area (Å²) in [4.78, 5) is 10.3. The SMILES string of the molecule is CC(C)(C)[C@H](CO)CC(=O)O. The van der Waals surface area contributed by atoms with E-state index in [4.69, 9.17) is 10.2 Å². The van der Waals surface area contributed by atoms with Crippen LogP contribution in [-0.2, 0) is 4.79 Å². The Morgan fingerprint density at radius 3 is 2.00 bits per heavy atom.